The molecule has 1 heterocycles. The van der Waals surface area contributed by atoms with Gasteiger partial charge in [0.05, 0.1) is 13.7 Å². The van der Waals surface area contributed by atoms with Crippen molar-refractivity contribution in [2.24, 2.45) is 0 Å². The van der Waals surface area contributed by atoms with Crippen molar-refractivity contribution in [3.05, 3.63) is 23.8 Å². The average molecular weight is 464 g/mol. The van der Waals surface area contributed by atoms with E-state index in [1.807, 2.05) is 25.1 Å². The van der Waals surface area contributed by atoms with Gasteiger partial charge in [-0.05, 0) is 51.8 Å². The molecule has 1 aromatic carbocycles. The molecule has 33 heavy (non-hydrogen) atoms. The number of nitrogens with zero attached hydrogens (tertiary/aromatic N) is 2. The van der Waals surface area contributed by atoms with Crippen molar-refractivity contribution in [2.45, 2.75) is 52.6 Å². The molecule has 9 heteroatoms. The lowest BCUT2D eigenvalue weighted by molar-refractivity contribution is -0.139. The van der Waals surface area contributed by atoms with Crippen LogP contribution in [0.15, 0.2) is 18.2 Å². The summed E-state index contributed by atoms with van der Waals surface area (Å²) in [5.41, 5.74) is 0.436. The van der Waals surface area contributed by atoms with Crippen molar-refractivity contribution in [2.75, 3.05) is 46.4 Å². The van der Waals surface area contributed by atoms with Crippen molar-refractivity contribution in [1.82, 2.24) is 15.1 Å². The molecule has 1 saturated heterocycles. The van der Waals surface area contributed by atoms with E-state index >= 15 is 0 Å². The summed E-state index contributed by atoms with van der Waals surface area (Å²) in [6, 6.07) is 5.72. The van der Waals surface area contributed by atoms with E-state index in [1.54, 1.807) is 37.7 Å². The lowest BCUT2D eigenvalue weighted by Crippen LogP contribution is -2.51. The van der Waals surface area contributed by atoms with Gasteiger partial charge in [0.15, 0.2) is 11.5 Å². The summed E-state index contributed by atoms with van der Waals surface area (Å²) in [6.07, 6.45) is 0.672. The standard InChI is InChI=1S/C24H37N3O6/c1-6-32-19-9-7-18(17-20(19)31-5)8-10-21(28)26-13-15-27(16-14-26)22(29)11-12-25-23(30)33-24(2,3)4/h7,9,17H,6,8,10-16H2,1-5H3,(H,25,30). The Bertz CT molecular complexity index is 813. The molecule has 0 bridgehead atoms. The van der Waals surface area contributed by atoms with Crippen molar-refractivity contribution in [1.29, 1.82) is 0 Å². The van der Waals surface area contributed by atoms with Crippen LogP contribution in [0.4, 0.5) is 4.79 Å². The molecule has 0 saturated carbocycles. The quantitative estimate of drug-likeness (QED) is 0.605. The zero-order valence-electron chi connectivity index (χ0n) is 20.4. The first-order valence-corrected chi connectivity index (χ1v) is 11.4. The second-order valence-electron chi connectivity index (χ2n) is 8.86. The van der Waals surface area contributed by atoms with Crippen LogP contribution in [-0.2, 0) is 20.7 Å². The van der Waals surface area contributed by atoms with E-state index in [-0.39, 0.29) is 24.8 Å². The highest BCUT2D eigenvalue weighted by molar-refractivity contribution is 5.79. The van der Waals surface area contributed by atoms with Gasteiger partial charge >= 0.3 is 6.09 Å². The SMILES string of the molecule is CCOc1ccc(CCC(=O)N2CCN(C(=O)CCNC(=O)OC(C)(C)C)CC2)cc1OC. The number of piperazine rings is 1. The minimum atomic E-state index is -0.573. The Balaban J connectivity index is 1.72. The number of carbonyl (C=O) groups excluding carboxylic acids is 3. The van der Waals surface area contributed by atoms with Gasteiger partial charge in [0, 0.05) is 45.6 Å². The Morgan fingerprint density at radius 2 is 1.58 bits per heavy atom. The normalized spacial score (nSPS) is 14.0. The zero-order valence-corrected chi connectivity index (χ0v) is 20.4. The first kappa shape index (κ1) is 26.3. The van der Waals surface area contributed by atoms with Gasteiger partial charge in [-0.25, -0.2) is 4.79 Å². The predicted molar refractivity (Wildman–Crippen MR) is 124 cm³/mol. The van der Waals surface area contributed by atoms with E-state index < -0.39 is 11.7 Å². The number of methoxy groups -OCH3 is 1. The molecule has 0 aliphatic carbocycles. The second-order valence-corrected chi connectivity index (χ2v) is 8.86. The van der Waals surface area contributed by atoms with Gasteiger partial charge in [-0.1, -0.05) is 6.07 Å². The van der Waals surface area contributed by atoms with Crippen molar-refractivity contribution >= 4 is 17.9 Å². The Hall–Kier alpha value is -2.97. The van der Waals surface area contributed by atoms with E-state index in [4.69, 9.17) is 14.2 Å². The maximum absolute atomic E-state index is 12.6. The van der Waals surface area contributed by atoms with Crippen LogP contribution in [0.2, 0.25) is 0 Å². The minimum Gasteiger partial charge on any atom is -0.493 e. The molecule has 0 atom stereocenters. The van der Waals surface area contributed by atoms with Crippen LogP contribution in [-0.4, -0.2) is 79.7 Å². The van der Waals surface area contributed by atoms with Crippen molar-refractivity contribution < 1.29 is 28.6 Å². The number of aryl methyl sites for hydroxylation is 1. The van der Waals surface area contributed by atoms with Gasteiger partial charge in [0.25, 0.3) is 0 Å². The van der Waals surface area contributed by atoms with Crippen LogP contribution >= 0.6 is 0 Å². The molecule has 3 amide bonds. The largest absolute Gasteiger partial charge is 0.493 e. The molecule has 0 spiro atoms. The van der Waals surface area contributed by atoms with Crippen LogP contribution in [0.1, 0.15) is 46.1 Å². The Morgan fingerprint density at radius 1 is 0.970 bits per heavy atom. The molecule has 0 aromatic heterocycles. The number of nitrogens with one attached hydrogen (secondary N) is 1. The molecule has 1 aliphatic heterocycles. The molecular weight excluding hydrogens is 426 g/mol. The molecule has 9 nitrogen and oxygen atoms in total. The van der Waals surface area contributed by atoms with Crippen LogP contribution in [0, 0.1) is 0 Å². The third kappa shape index (κ3) is 8.82. The van der Waals surface area contributed by atoms with Crippen molar-refractivity contribution in [3.63, 3.8) is 0 Å². The van der Waals surface area contributed by atoms with Gasteiger partial charge < -0.3 is 29.3 Å². The average Bonchev–Trinajstić information content (AvgIpc) is 2.77. The van der Waals surface area contributed by atoms with Crippen LogP contribution in [0.25, 0.3) is 0 Å². The summed E-state index contributed by atoms with van der Waals surface area (Å²) < 4.78 is 16.1. The number of amides is 3. The highest BCUT2D eigenvalue weighted by atomic mass is 16.6. The lowest BCUT2D eigenvalue weighted by atomic mass is 10.1. The second kappa shape index (κ2) is 12.3. The monoisotopic (exact) mass is 463 g/mol. The topological polar surface area (TPSA) is 97.4 Å². The summed E-state index contributed by atoms with van der Waals surface area (Å²) >= 11 is 0. The van der Waals surface area contributed by atoms with Gasteiger partial charge in [-0.15, -0.1) is 0 Å². The highest BCUT2D eigenvalue weighted by Gasteiger charge is 2.24. The van der Waals surface area contributed by atoms with E-state index in [0.717, 1.165) is 5.56 Å². The maximum Gasteiger partial charge on any atom is 0.407 e. The van der Waals surface area contributed by atoms with E-state index in [2.05, 4.69) is 5.32 Å². The summed E-state index contributed by atoms with van der Waals surface area (Å²) in [5, 5.41) is 2.60. The van der Waals surface area contributed by atoms with Crippen LogP contribution < -0.4 is 14.8 Å². The van der Waals surface area contributed by atoms with Crippen molar-refractivity contribution in [3.8, 4) is 11.5 Å². The third-order valence-electron chi connectivity index (χ3n) is 5.15. The minimum absolute atomic E-state index is 0.0420. The maximum atomic E-state index is 12.6. The Labute approximate surface area is 196 Å². The first-order valence-electron chi connectivity index (χ1n) is 11.4. The number of alkyl carbamates (subject to hydrolysis) is 1. The van der Waals surface area contributed by atoms with Gasteiger partial charge in [0.1, 0.15) is 5.60 Å². The smallest absolute Gasteiger partial charge is 0.407 e. The van der Waals surface area contributed by atoms with E-state index in [0.29, 0.717) is 57.1 Å². The Kier molecular flexibility index (Phi) is 9.81. The van der Waals surface area contributed by atoms with Gasteiger partial charge in [0.2, 0.25) is 11.8 Å². The molecule has 1 aromatic rings. The number of rotatable bonds is 9. The predicted octanol–water partition coefficient (Wildman–Crippen LogP) is 2.61. The number of hydrogen-bond donors (Lipinski definition) is 1. The number of benzene rings is 1. The zero-order chi connectivity index (χ0) is 24.4. The third-order valence-corrected chi connectivity index (χ3v) is 5.15. The lowest BCUT2D eigenvalue weighted by Gasteiger charge is -2.35. The number of hydrogen-bond acceptors (Lipinski definition) is 6. The summed E-state index contributed by atoms with van der Waals surface area (Å²) in [4.78, 5) is 40.2. The number of ether oxygens (including phenoxy) is 3. The fourth-order valence-corrected chi connectivity index (χ4v) is 3.50. The highest BCUT2D eigenvalue weighted by Crippen LogP contribution is 2.28. The fraction of sp³-hybridized carbons (Fsp3) is 0.625. The fourth-order valence-electron chi connectivity index (χ4n) is 3.50. The van der Waals surface area contributed by atoms with Crippen LogP contribution in [0.3, 0.4) is 0 Å². The molecule has 184 valence electrons. The van der Waals surface area contributed by atoms with Gasteiger partial charge in [-0.3, -0.25) is 9.59 Å². The summed E-state index contributed by atoms with van der Waals surface area (Å²) in [7, 11) is 1.60. The van der Waals surface area contributed by atoms with E-state index in [9.17, 15) is 14.4 Å². The van der Waals surface area contributed by atoms with E-state index in [1.165, 1.54) is 0 Å². The Morgan fingerprint density at radius 3 is 2.12 bits per heavy atom. The number of carbonyl (C=O) groups is 3. The molecular formula is C24H37N3O6. The molecule has 1 N–H and O–H groups in total. The molecule has 0 radical (unpaired) electrons. The molecule has 1 fully saturated rings. The summed E-state index contributed by atoms with van der Waals surface area (Å²) in [6.45, 7) is 10.1. The molecule has 0 unspecified atom stereocenters. The summed E-state index contributed by atoms with van der Waals surface area (Å²) in [5.74, 6) is 1.38. The molecule has 1 aliphatic rings. The van der Waals surface area contributed by atoms with Crippen LogP contribution in [0.5, 0.6) is 11.5 Å². The first-order chi connectivity index (χ1) is 15.6. The molecule has 2 rings (SSSR count). The van der Waals surface area contributed by atoms with Gasteiger partial charge in [-0.2, -0.15) is 0 Å².